The van der Waals surface area contributed by atoms with E-state index in [2.05, 4.69) is 64.4 Å². The Morgan fingerprint density at radius 3 is 1.74 bits per heavy atom. The van der Waals surface area contributed by atoms with Gasteiger partial charge in [0.1, 0.15) is 38.3 Å². The molecule has 0 aromatic heterocycles. The first-order valence-electron chi connectivity index (χ1n) is 21.4. The molecule has 0 unspecified atom stereocenters. The van der Waals surface area contributed by atoms with Crippen LogP contribution in [0.15, 0.2) is 181 Å². The van der Waals surface area contributed by atoms with Crippen molar-refractivity contribution >= 4 is 138 Å². The minimum atomic E-state index is -5.27. The van der Waals surface area contributed by atoms with E-state index in [1.54, 1.807) is 0 Å². The molecule has 0 aliphatic carbocycles. The summed E-state index contributed by atoms with van der Waals surface area (Å²) in [5.74, 6) is -2.91. The van der Waals surface area contributed by atoms with Gasteiger partial charge in [0.05, 0.1) is 72.1 Å². The van der Waals surface area contributed by atoms with Crippen molar-refractivity contribution < 1.29 is 96.5 Å². The molecule has 0 heterocycles. The van der Waals surface area contributed by atoms with E-state index < -0.39 is 117 Å². The van der Waals surface area contributed by atoms with E-state index in [1.165, 1.54) is 54.6 Å². The fraction of sp³-hybridized carbons (Fsp3) is 0.0476. The topological polar surface area (TPSA) is 504 Å². The molecular formula is C42H33N11O22S6. The van der Waals surface area contributed by atoms with Gasteiger partial charge in [-0.15, -0.1) is 34.2 Å². The lowest BCUT2D eigenvalue weighted by Gasteiger charge is -2.14. The average molecular weight is 1240 g/mol. The predicted octanol–water partition coefficient (Wildman–Crippen LogP) is 10.6. The highest BCUT2D eigenvalue weighted by atomic mass is 32.2. The zero-order valence-corrected chi connectivity index (χ0v) is 44.6. The van der Waals surface area contributed by atoms with Gasteiger partial charge in [-0.05, 0) is 109 Å². The van der Waals surface area contributed by atoms with Gasteiger partial charge in [-0.1, -0.05) is 10.1 Å². The van der Waals surface area contributed by atoms with Gasteiger partial charge in [-0.3, -0.25) is 28.1 Å². The van der Waals surface area contributed by atoms with Crippen molar-refractivity contribution in [3.05, 3.63) is 125 Å². The van der Waals surface area contributed by atoms with Gasteiger partial charge in [0.25, 0.3) is 35.9 Å². The first-order chi connectivity index (χ1) is 38.3. The van der Waals surface area contributed by atoms with Gasteiger partial charge < -0.3 is 21.1 Å². The molecule has 7 aromatic carbocycles. The number of phenols is 3. The summed E-state index contributed by atoms with van der Waals surface area (Å²) in [5, 5.41) is 97.7. The molecule has 0 fully saturated rings. The maximum absolute atomic E-state index is 13.4. The van der Waals surface area contributed by atoms with Crippen LogP contribution in [0.4, 0.5) is 62.6 Å². The minimum Gasteiger partial charge on any atom is -0.505 e. The number of sulfonamides is 1. The number of hydrogen-bond donors (Lipinski definition) is 9. The smallest absolute Gasteiger partial charge is 0.296 e. The molecule has 39 heteroatoms. The summed E-state index contributed by atoms with van der Waals surface area (Å²) < 4.78 is 139. The minimum absolute atomic E-state index is 0.0553. The molecule has 0 atom stereocenters. The Hall–Kier alpha value is -8.26. The number of nitrogen functional groups attached to an aromatic ring is 1. The summed E-state index contributed by atoms with van der Waals surface area (Å²) in [5.41, 5.74) is 3.25. The van der Waals surface area contributed by atoms with Crippen LogP contribution in [0.5, 0.6) is 17.2 Å². The summed E-state index contributed by atoms with van der Waals surface area (Å²) in [7, 11) is -19.2. The molecule has 0 aliphatic rings. The highest BCUT2D eigenvalue weighted by Gasteiger charge is 2.27. The fourth-order valence-electron chi connectivity index (χ4n) is 6.64. The summed E-state index contributed by atoms with van der Waals surface area (Å²) in [6.45, 7) is -0.559. The normalized spacial score (nSPS) is 12.6. The Morgan fingerprint density at radius 2 is 1.14 bits per heavy atom. The molecule has 0 aliphatic heterocycles. The van der Waals surface area contributed by atoms with Crippen LogP contribution in [0, 0.1) is 10.1 Å². The zero-order valence-electron chi connectivity index (χ0n) is 39.7. The highest BCUT2D eigenvalue weighted by Crippen LogP contribution is 2.50. The predicted molar refractivity (Wildman–Crippen MR) is 280 cm³/mol. The van der Waals surface area contributed by atoms with Gasteiger partial charge in [-0.2, -0.15) is 32.2 Å². The number of anilines is 2. The summed E-state index contributed by atoms with van der Waals surface area (Å²) in [6.07, 6.45) is 0. The standard InChI is InChI=1S/C42H33N11O22S6/c43-37-36-22(19-33(76-74-72-59)39(37)50-47-30-14-13-29(21-34(30)80(65,66)67)78(61,62)18-17-71-77-75-73-60)20-35(81(68,69)70)40(42(36)56)51-46-25-7-11-28(12-8-25)79(63,64)52-26-3-1-23(2-4-26)44-48-31-15-16-32(54)38(41(31)55)49-45-24-5-9-27(10-6-24)53(57)58/h1-16,19-21,52,54-56,59-60H,17-18,43H2,(H,65,66,67)(H,68,69,70)/b48-44+,49-45?,50-47+,51-46+. The van der Waals surface area contributed by atoms with E-state index in [-0.39, 0.29) is 79.4 Å². The molecule has 0 spiro atoms. The van der Waals surface area contributed by atoms with Gasteiger partial charge in [-0.25, -0.2) is 27.4 Å². The van der Waals surface area contributed by atoms with Gasteiger partial charge in [0.15, 0.2) is 39.3 Å². The van der Waals surface area contributed by atoms with E-state index in [1.807, 2.05) is 0 Å². The van der Waals surface area contributed by atoms with Crippen LogP contribution in [-0.2, 0) is 63.0 Å². The second-order valence-corrected chi connectivity index (χ2v) is 23.3. The third-order valence-electron chi connectivity index (χ3n) is 10.4. The highest BCUT2D eigenvalue weighted by molar-refractivity contribution is 7.94. The first kappa shape index (κ1) is 60.4. The number of fused-ring (bicyclic) bond motifs is 1. The third kappa shape index (κ3) is 15.0. The van der Waals surface area contributed by atoms with Crippen LogP contribution < -0.4 is 10.5 Å². The molecule has 424 valence electrons. The number of nitro benzene ring substituents is 1. The Balaban J connectivity index is 1.11. The second kappa shape index (κ2) is 25.5. The molecule has 7 rings (SSSR count). The number of nitro groups is 1. The van der Waals surface area contributed by atoms with Crippen LogP contribution in [0.2, 0.25) is 0 Å². The largest absolute Gasteiger partial charge is 0.505 e. The van der Waals surface area contributed by atoms with Crippen molar-refractivity contribution in [3.63, 3.8) is 0 Å². The van der Waals surface area contributed by atoms with Crippen LogP contribution in [-0.4, -0.2) is 85.9 Å². The third-order valence-corrected chi connectivity index (χ3v) is 16.2. The van der Waals surface area contributed by atoms with Crippen molar-refractivity contribution in [2.45, 2.75) is 24.5 Å². The van der Waals surface area contributed by atoms with E-state index in [9.17, 15) is 68.2 Å². The number of phenolic OH excluding ortho intramolecular Hbond substituents is 3. The number of aromatic hydroxyl groups is 3. The molecule has 0 bridgehead atoms. The van der Waals surface area contributed by atoms with Crippen molar-refractivity contribution in [2.75, 3.05) is 22.8 Å². The lowest BCUT2D eigenvalue weighted by Crippen LogP contribution is -2.12. The molecule has 0 amide bonds. The van der Waals surface area contributed by atoms with Gasteiger partial charge in [0.2, 0.25) is 0 Å². The zero-order chi connectivity index (χ0) is 58.9. The van der Waals surface area contributed by atoms with Crippen LogP contribution in [0.3, 0.4) is 0 Å². The molecule has 7 aromatic rings. The van der Waals surface area contributed by atoms with Crippen molar-refractivity contribution in [1.82, 2.24) is 0 Å². The van der Waals surface area contributed by atoms with E-state index in [0.29, 0.717) is 6.07 Å². The van der Waals surface area contributed by atoms with E-state index >= 15 is 0 Å². The lowest BCUT2D eigenvalue weighted by molar-refractivity contribution is -0.434. The SMILES string of the molecule is Nc1c(/N=N/c2ccc(S(=O)(=O)CCOSOOO)cc2S(=O)(=O)O)c(SOOO)cc2cc(S(=O)(=O)O)c(/N=N/c3ccc(S(=O)(=O)Nc4ccc(/N=N/c5ccc(O)c(N=Nc6ccc([N+](=O)[O-])cc6)c5O)cc4)cc3)c(O)c12. The van der Waals surface area contributed by atoms with Crippen LogP contribution in [0.25, 0.3) is 10.8 Å². The number of non-ortho nitro benzene ring substituents is 1. The summed E-state index contributed by atoms with van der Waals surface area (Å²) in [4.78, 5) is 6.93. The monoisotopic (exact) mass is 1240 g/mol. The molecule has 0 radical (unpaired) electrons. The number of azo groups is 4. The lowest BCUT2D eigenvalue weighted by atomic mass is 10.1. The average Bonchev–Trinajstić information content (AvgIpc) is 3.49. The molecule has 33 nitrogen and oxygen atoms in total. The Labute approximate surface area is 462 Å². The molecule has 0 saturated carbocycles. The number of nitrogens with zero attached hydrogens (tertiary/aromatic N) is 9. The number of rotatable bonds is 24. The maximum atomic E-state index is 13.4. The Bertz CT molecular complexity index is 4140. The molecule has 81 heavy (non-hydrogen) atoms. The quantitative estimate of drug-likeness (QED) is 0.00397. The van der Waals surface area contributed by atoms with E-state index in [0.717, 1.165) is 54.6 Å². The summed E-state index contributed by atoms with van der Waals surface area (Å²) >= 11 is 0.236. The summed E-state index contributed by atoms with van der Waals surface area (Å²) in [6, 6.07) is 21.3. The number of nitrogens with one attached hydrogen (secondary N) is 1. The number of benzene rings is 7. The van der Waals surface area contributed by atoms with Crippen LogP contribution >= 0.6 is 24.4 Å². The first-order valence-corrected chi connectivity index (χ1v) is 28.8. The van der Waals surface area contributed by atoms with Crippen molar-refractivity contribution in [3.8, 4) is 17.2 Å². The molecule has 0 saturated heterocycles. The fourth-order valence-corrected chi connectivity index (χ4v) is 11.0. The van der Waals surface area contributed by atoms with Gasteiger partial charge in [0, 0.05) is 17.8 Å². The molecule has 10 N–H and O–H groups in total. The Morgan fingerprint density at radius 1 is 0.593 bits per heavy atom. The Kier molecular flexibility index (Phi) is 19.0. The van der Waals surface area contributed by atoms with Crippen LogP contribution in [0.1, 0.15) is 0 Å². The van der Waals surface area contributed by atoms with Gasteiger partial charge >= 0.3 is 0 Å². The maximum Gasteiger partial charge on any atom is 0.296 e. The second-order valence-electron chi connectivity index (χ2n) is 15.5. The molecular weight excluding hydrogens is 1200 g/mol. The van der Waals surface area contributed by atoms with Crippen molar-refractivity contribution in [1.29, 1.82) is 0 Å². The van der Waals surface area contributed by atoms with Crippen molar-refractivity contribution in [2.24, 2.45) is 40.9 Å². The number of nitrogens with two attached hydrogens (primary N) is 1. The van der Waals surface area contributed by atoms with E-state index in [4.69, 9.17) is 20.4 Å². The number of sulfone groups is 1. The number of hydrogen-bond acceptors (Lipinski definition) is 31.